The van der Waals surface area contributed by atoms with E-state index in [0.29, 0.717) is 17.1 Å². The van der Waals surface area contributed by atoms with Crippen molar-refractivity contribution in [3.05, 3.63) is 23.8 Å². The number of ether oxygens (including phenoxy) is 2. The van der Waals surface area contributed by atoms with Crippen molar-refractivity contribution in [3.8, 4) is 11.5 Å². The average Bonchev–Trinajstić information content (AvgIpc) is 2.44. The topological polar surface area (TPSA) is 105 Å². The van der Waals surface area contributed by atoms with Gasteiger partial charge in [0.15, 0.2) is 6.04 Å². The molecular weight excluding hydrogens is 278 g/mol. The summed E-state index contributed by atoms with van der Waals surface area (Å²) in [6, 6.07) is 3.62. The average molecular weight is 297 g/mol. The molecule has 0 saturated carbocycles. The third-order valence-electron chi connectivity index (χ3n) is 2.91. The molecule has 0 saturated heterocycles. The quantitative estimate of drug-likeness (QED) is 0.664. The van der Waals surface area contributed by atoms with Gasteiger partial charge in [-0.2, -0.15) is 0 Å². The summed E-state index contributed by atoms with van der Waals surface area (Å²) in [6.07, 6.45) is -1.26. The molecule has 0 radical (unpaired) electrons. The molecule has 1 rings (SSSR count). The zero-order valence-corrected chi connectivity index (χ0v) is 12.1. The maximum Gasteiger partial charge on any atom is 0.328 e. The third-order valence-corrected chi connectivity index (χ3v) is 2.91. The van der Waals surface area contributed by atoms with Gasteiger partial charge in [-0.3, -0.25) is 4.79 Å². The molecule has 0 aliphatic heterocycles. The minimum Gasteiger partial charge on any atom is -0.497 e. The molecule has 116 valence electrons. The fourth-order valence-corrected chi connectivity index (χ4v) is 1.78. The molecule has 0 aliphatic carbocycles. The number of hydrogen-bond donors (Lipinski definition) is 3. The Hall–Kier alpha value is -2.28. The third kappa shape index (κ3) is 4.64. The van der Waals surface area contributed by atoms with Crippen LogP contribution in [0.1, 0.15) is 12.5 Å². The van der Waals surface area contributed by atoms with Gasteiger partial charge in [-0.05, 0) is 13.0 Å². The molecule has 1 aromatic rings. The molecule has 0 spiro atoms. The summed E-state index contributed by atoms with van der Waals surface area (Å²) in [5.41, 5.74) is 0.588. The summed E-state index contributed by atoms with van der Waals surface area (Å²) < 4.78 is 10.2. The van der Waals surface area contributed by atoms with E-state index in [9.17, 15) is 14.7 Å². The van der Waals surface area contributed by atoms with Crippen molar-refractivity contribution in [2.75, 3.05) is 14.2 Å². The first-order valence-corrected chi connectivity index (χ1v) is 6.30. The first-order valence-electron chi connectivity index (χ1n) is 6.30. The number of carbonyl (C=O) groups is 2. The van der Waals surface area contributed by atoms with Crippen LogP contribution >= 0.6 is 0 Å². The van der Waals surface area contributed by atoms with Crippen molar-refractivity contribution < 1.29 is 29.3 Å². The standard InChI is InChI=1S/C14H19NO6/c1-8(16)13(14(18)19)15-12(17)6-9-4-5-10(20-2)7-11(9)21-3/h4-5,7-8,13,16H,6H2,1-3H3,(H,15,17)(H,18,19). The number of nitrogens with one attached hydrogen (secondary N) is 1. The predicted molar refractivity (Wildman–Crippen MR) is 74.5 cm³/mol. The van der Waals surface area contributed by atoms with Gasteiger partial charge < -0.3 is 25.0 Å². The number of aliphatic hydroxyl groups excluding tert-OH is 1. The number of benzene rings is 1. The molecule has 2 atom stereocenters. The highest BCUT2D eigenvalue weighted by atomic mass is 16.5. The molecule has 0 aliphatic rings. The molecule has 0 aromatic heterocycles. The maximum absolute atomic E-state index is 11.9. The first-order chi connectivity index (χ1) is 9.88. The molecule has 7 nitrogen and oxygen atoms in total. The summed E-state index contributed by atoms with van der Waals surface area (Å²) in [7, 11) is 2.98. The van der Waals surface area contributed by atoms with Gasteiger partial charge in [-0.25, -0.2) is 4.79 Å². The second-order valence-electron chi connectivity index (χ2n) is 4.48. The first kappa shape index (κ1) is 16.8. The van der Waals surface area contributed by atoms with E-state index in [1.165, 1.54) is 21.1 Å². The number of rotatable bonds is 7. The van der Waals surface area contributed by atoms with Crippen LogP contribution in [0.5, 0.6) is 11.5 Å². The van der Waals surface area contributed by atoms with Gasteiger partial charge in [0.1, 0.15) is 11.5 Å². The molecule has 7 heteroatoms. The number of amides is 1. The number of carbonyl (C=O) groups excluding carboxylic acids is 1. The maximum atomic E-state index is 11.9. The summed E-state index contributed by atoms with van der Waals surface area (Å²) in [5, 5.41) is 20.5. The zero-order valence-electron chi connectivity index (χ0n) is 12.1. The normalized spacial score (nSPS) is 13.1. The van der Waals surface area contributed by atoms with E-state index in [1.807, 2.05) is 0 Å². The number of carboxylic acids is 1. The molecule has 0 bridgehead atoms. The SMILES string of the molecule is COc1ccc(CC(=O)NC(C(=O)O)C(C)O)c(OC)c1. The number of hydrogen-bond acceptors (Lipinski definition) is 5. The highest BCUT2D eigenvalue weighted by Gasteiger charge is 2.25. The van der Waals surface area contributed by atoms with Crippen LogP contribution in [0, 0.1) is 0 Å². The molecule has 0 fully saturated rings. The van der Waals surface area contributed by atoms with Crippen LogP contribution in [0.15, 0.2) is 18.2 Å². The lowest BCUT2D eigenvalue weighted by Gasteiger charge is -2.17. The molecular formula is C14H19NO6. The Morgan fingerprint density at radius 1 is 1.29 bits per heavy atom. The summed E-state index contributed by atoms with van der Waals surface area (Å²) in [6.45, 7) is 1.30. The molecule has 2 unspecified atom stereocenters. The molecule has 1 aromatic carbocycles. The second-order valence-corrected chi connectivity index (χ2v) is 4.48. The van der Waals surface area contributed by atoms with E-state index < -0.39 is 24.0 Å². The highest BCUT2D eigenvalue weighted by molar-refractivity contribution is 5.85. The Balaban J connectivity index is 2.81. The minimum absolute atomic E-state index is 0.0658. The van der Waals surface area contributed by atoms with Crippen molar-refractivity contribution in [2.24, 2.45) is 0 Å². The van der Waals surface area contributed by atoms with Crippen LogP contribution < -0.4 is 14.8 Å². The van der Waals surface area contributed by atoms with E-state index in [-0.39, 0.29) is 6.42 Å². The monoisotopic (exact) mass is 297 g/mol. The Morgan fingerprint density at radius 2 is 1.95 bits per heavy atom. The zero-order chi connectivity index (χ0) is 16.0. The van der Waals surface area contributed by atoms with E-state index in [1.54, 1.807) is 18.2 Å². The molecule has 0 heterocycles. The van der Waals surface area contributed by atoms with Crippen LogP contribution in [-0.4, -0.2) is 48.5 Å². The van der Waals surface area contributed by atoms with Gasteiger partial charge >= 0.3 is 5.97 Å². The van der Waals surface area contributed by atoms with Crippen LogP contribution in [-0.2, 0) is 16.0 Å². The lowest BCUT2D eigenvalue weighted by atomic mass is 10.1. The van der Waals surface area contributed by atoms with Gasteiger partial charge in [-0.15, -0.1) is 0 Å². The van der Waals surface area contributed by atoms with Crippen LogP contribution in [0.3, 0.4) is 0 Å². The van der Waals surface area contributed by atoms with E-state index in [0.717, 1.165) is 0 Å². The van der Waals surface area contributed by atoms with E-state index >= 15 is 0 Å². The fraction of sp³-hybridized carbons (Fsp3) is 0.429. The van der Waals surface area contributed by atoms with Crippen molar-refractivity contribution in [1.82, 2.24) is 5.32 Å². The minimum atomic E-state index is -1.35. The van der Waals surface area contributed by atoms with Crippen LogP contribution in [0.25, 0.3) is 0 Å². The molecule has 1 amide bonds. The van der Waals surface area contributed by atoms with Crippen molar-refractivity contribution in [3.63, 3.8) is 0 Å². The van der Waals surface area contributed by atoms with Crippen molar-refractivity contribution >= 4 is 11.9 Å². The Kier molecular flexibility index (Phi) is 5.98. The Morgan fingerprint density at radius 3 is 2.43 bits per heavy atom. The van der Waals surface area contributed by atoms with E-state index in [4.69, 9.17) is 14.6 Å². The second kappa shape index (κ2) is 7.49. The highest BCUT2D eigenvalue weighted by Crippen LogP contribution is 2.24. The van der Waals surface area contributed by atoms with Crippen molar-refractivity contribution in [1.29, 1.82) is 0 Å². The van der Waals surface area contributed by atoms with Gasteiger partial charge in [0.05, 0.1) is 26.7 Å². The summed E-state index contributed by atoms with van der Waals surface area (Å²) in [5.74, 6) is -0.761. The Labute approximate surface area is 122 Å². The molecule has 21 heavy (non-hydrogen) atoms. The molecule has 3 N–H and O–H groups in total. The van der Waals surface area contributed by atoms with Crippen LogP contribution in [0.2, 0.25) is 0 Å². The lowest BCUT2D eigenvalue weighted by molar-refractivity contribution is -0.144. The summed E-state index contributed by atoms with van der Waals surface area (Å²) >= 11 is 0. The smallest absolute Gasteiger partial charge is 0.328 e. The fourth-order valence-electron chi connectivity index (χ4n) is 1.78. The van der Waals surface area contributed by atoms with Gasteiger partial charge in [0, 0.05) is 11.6 Å². The van der Waals surface area contributed by atoms with Gasteiger partial charge in [0.25, 0.3) is 0 Å². The van der Waals surface area contributed by atoms with Gasteiger partial charge in [-0.1, -0.05) is 6.07 Å². The number of aliphatic hydroxyl groups is 1. The lowest BCUT2D eigenvalue weighted by Crippen LogP contribution is -2.48. The number of carboxylic acid groups (broad SMARTS) is 1. The number of aliphatic carboxylic acids is 1. The predicted octanol–water partition coefficient (Wildman–Crippen LogP) is 0.197. The number of methoxy groups -OCH3 is 2. The largest absolute Gasteiger partial charge is 0.497 e. The van der Waals surface area contributed by atoms with Gasteiger partial charge in [0.2, 0.25) is 5.91 Å². The van der Waals surface area contributed by atoms with Crippen molar-refractivity contribution in [2.45, 2.75) is 25.5 Å². The van der Waals surface area contributed by atoms with Crippen LogP contribution in [0.4, 0.5) is 0 Å². The van der Waals surface area contributed by atoms with E-state index in [2.05, 4.69) is 5.32 Å². The Bertz CT molecular complexity index is 514. The summed E-state index contributed by atoms with van der Waals surface area (Å²) in [4.78, 5) is 22.8.